The van der Waals surface area contributed by atoms with Crippen molar-refractivity contribution in [1.29, 1.82) is 0 Å². The average Bonchev–Trinajstić information content (AvgIpc) is 2.48. The van der Waals surface area contributed by atoms with E-state index in [4.69, 9.17) is 9.47 Å². The molecule has 0 fully saturated rings. The van der Waals surface area contributed by atoms with Crippen LogP contribution in [-0.4, -0.2) is 17.6 Å². The van der Waals surface area contributed by atoms with Gasteiger partial charge in [0.25, 0.3) is 0 Å². The van der Waals surface area contributed by atoms with E-state index >= 15 is 0 Å². The molecular formula is C16H16BrIO2. The van der Waals surface area contributed by atoms with E-state index in [1.807, 2.05) is 42.5 Å². The third-order valence-electron chi connectivity index (χ3n) is 2.77. The number of halogens is 2. The number of ether oxygens (including phenoxy) is 2. The first-order valence-electron chi connectivity index (χ1n) is 6.40. The fourth-order valence-electron chi connectivity index (χ4n) is 1.80. The van der Waals surface area contributed by atoms with Gasteiger partial charge in [0.05, 0.1) is 12.7 Å². The van der Waals surface area contributed by atoms with Crippen molar-refractivity contribution in [3.05, 3.63) is 64.6 Å². The van der Waals surface area contributed by atoms with E-state index in [0.717, 1.165) is 14.6 Å². The lowest BCUT2D eigenvalue weighted by Crippen LogP contribution is -2.12. The number of benzene rings is 2. The zero-order chi connectivity index (χ0) is 14.2. The van der Waals surface area contributed by atoms with Gasteiger partial charge in [-0.25, -0.2) is 0 Å². The molecule has 1 atom stereocenters. The zero-order valence-corrected chi connectivity index (χ0v) is 14.7. The highest BCUT2D eigenvalue weighted by Gasteiger charge is 2.10. The Hall–Kier alpha value is -0.590. The molecule has 1 unspecified atom stereocenters. The maximum absolute atomic E-state index is 5.90. The topological polar surface area (TPSA) is 18.5 Å². The van der Waals surface area contributed by atoms with Crippen LogP contribution in [0.4, 0.5) is 0 Å². The molecule has 0 N–H and O–H groups in total. The second-order valence-electron chi connectivity index (χ2n) is 4.23. The first-order chi connectivity index (χ1) is 9.79. The lowest BCUT2D eigenvalue weighted by molar-refractivity contribution is 0.0483. The number of rotatable bonds is 7. The molecule has 20 heavy (non-hydrogen) atoms. The third-order valence-corrected chi connectivity index (χ3v) is 4.07. The van der Waals surface area contributed by atoms with E-state index in [9.17, 15) is 0 Å². The minimum Gasteiger partial charge on any atom is -0.491 e. The molecule has 2 aromatic carbocycles. The van der Waals surface area contributed by atoms with Crippen LogP contribution in [-0.2, 0) is 4.74 Å². The number of alkyl halides is 1. The van der Waals surface area contributed by atoms with Crippen molar-refractivity contribution in [1.82, 2.24) is 0 Å². The van der Waals surface area contributed by atoms with Gasteiger partial charge < -0.3 is 9.47 Å². The summed E-state index contributed by atoms with van der Waals surface area (Å²) in [6.45, 7) is 1.14. The molecule has 0 aliphatic heterocycles. The minimum atomic E-state index is 0.104. The Kier molecular flexibility index (Phi) is 6.82. The van der Waals surface area contributed by atoms with E-state index < -0.39 is 0 Å². The smallest absolute Gasteiger partial charge is 0.119 e. The van der Waals surface area contributed by atoms with Gasteiger partial charge in [0.2, 0.25) is 0 Å². The predicted octanol–water partition coefficient (Wildman–Crippen LogP) is 5.02. The number of hydrogen-bond donors (Lipinski definition) is 0. The van der Waals surface area contributed by atoms with Crippen LogP contribution in [0.5, 0.6) is 5.75 Å². The summed E-state index contributed by atoms with van der Waals surface area (Å²) in [7, 11) is 0. The summed E-state index contributed by atoms with van der Waals surface area (Å²) < 4.78 is 13.5. The van der Waals surface area contributed by atoms with E-state index in [0.29, 0.717) is 13.2 Å². The Morgan fingerprint density at radius 1 is 1.00 bits per heavy atom. The van der Waals surface area contributed by atoms with E-state index in [2.05, 4.69) is 50.7 Å². The lowest BCUT2D eigenvalue weighted by Gasteiger charge is -2.16. The van der Waals surface area contributed by atoms with Crippen LogP contribution in [0.15, 0.2) is 59.1 Å². The maximum atomic E-state index is 5.90. The van der Waals surface area contributed by atoms with Crippen molar-refractivity contribution in [2.75, 3.05) is 17.6 Å². The molecular weight excluding hydrogens is 431 g/mol. The van der Waals surface area contributed by atoms with Crippen LogP contribution >= 0.6 is 38.5 Å². The van der Waals surface area contributed by atoms with Gasteiger partial charge in [-0.3, -0.25) is 0 Å². The van der Waals surface area contributed by atoms with Crippen LogP contribution in [0.1, 0.15) is 11.7 Å². The van der Waals surface area contributed by atoms with Crippen molar-refractivity contribution in [2.45, 2.75) is 6.10 Å². The Morgan fingerprint density at radius 2 is 1.80 bits per heavy atom. The number of hydrogen-bond acceptors (Lipinski definition) is 2. The zero-order valence-electron chi connectivity index (χ0n) is 11.0. The monoisotopic (exact) mass is 446 g/mol. The van der Waals surface area contributed by atoms with Gasteiger partial charge in [0.1, 0.15) is 12.4 Å². The second-order valence-corrected chi connectivity index (χ2v) is 6.03. The van der Waals surface area contributed by atoms with Crippen LogP contribution in [0.3, 0.4) is 0 Å². The first kappa shape index (κ1) is 15.8. The predicted molar refractivity (Wildman–Crippen MR) is 93.7 cm³/mol. The molecule has 0 spiro atoms. The molecule has 0 radical (unpaired) electrons. The van der Waals surface area contributed by atoms with Gasteiger partial charge in [-0.2, -0.15) is 0 Å². The first-order valence-corrected chi connectivity index (χ1v) is 8.72. The van der Waals surface area contributed by atoms with Crippen molar-refractivity contribution in [3.63, 3.8) is 0 Å². The van der Waals surface area contributed by atoms with Crippen LogP contribution in [0, 0.1) is 0 Å². The van der Waals surface area contributed by atoms with Crippen molar-refractivity contribution < 1.29 is 9.47 Å². The third kappa shape index (κ3) is 5.07. The summed E-state index contributed by atoms with van der Waals surface area (Å²) in [6, 6.07) is 18.0. The standard InChI is InChI=1S/C16H16BrIO2/c17-14-6-4-5-13(11-14)16(12-18)20-10-9-19-15-7-2-1-3-8-15/h1-8,11,16H,9-10,12H2. The van der Waals surface area contributed by atoms with Gasteiger partial charge in [0, 0.05) is 8.90 Å². The van der Waals surface area contributed by atoms with Gasteiger partial charge in [-0.05, 0) is 29.8 Å². The average molecular weight is 447 g/mol. The van der Waals surface area contributed by atoms with Gasteiger partial charge >= 0.3 is 0 Å². The SMILES string of the molecule is Brc1cccc(C(CI)OCCOc2ccccc2)c1. The highest BCUT2D eigenvalue weighted by Crippen LogP contribution is 2.23. The highest BCUT2D eigenvalue weighted by molar-refractivity contribution is 14.1. The fraction of sp³-hybridized carbons (Fsp3) is 0.250. The second kappa shape index (κ2) is 8.64. The van der Waals surface area contributed by atoms with Crippen LogP contribution in [0.2, 0.25) is 0 Å². The molecule has 0 aliphatic rings. The maximum Gasteiger partial charge on any atom is 0.119 e. The van der Waals surface area contributed by atoms with Crippen molar-refractivity contribution >= 4 is 38.5 Å². The Labute approximate surface area is 141 Å². The molecule has 2 rings (SSSR count). The summed E-state index contributed by atoms with van der Waals surface area (Å²) in [5, 5.41) is 0. The fourth-order valence-corrected chi connectivity index (χ4v) is 2.98. The Balaban J connectivity index is 1.80. The normalized spacial score (nSPS) is 12.1. The summed E-state index contributed by atoms with van der Waals surface area (Å²) >= 11 is 5.84. The molecule has 106 valence electrons. The van der Waals surface area contributed by atoms with Crippen LogP contribution in [0.25, 0.3) is 0 Å². The molecule has 2 nitrogen and oxygen atoms in total. The molecule has 2 aromatic rings. The molecule has 0 saturated carbocycles. The lowest BCUT2D eigenvalue weighted by atomic mass is 10.1. The molecule has 0 amide bonds. The minimum absolute atomic E-state index is 0.104. The van der Waals surface area contributed by atoms with Gasteiger partial charge in [-0.15, -0.1) is 0 Å². The van der Waals surface area contributed by atoms with Crippen molar-refractivity contribution in [2.24, 2.45) is 0 Å². The molecule has 0 heterocycles. The quantitative estimate of drug-likeness (QED) is 0.337. The van der Waals surface area contributed by atoms with Gasteiger partial charge in [-0.1, -0.05) is 68.9 Å². The Bertz CT molecular complexity index is 519. The summed E-state index contributed by atoms with van der Waals surface area (Å²) in [5.41, 5.74) is 1.19. The molecule has 0 aliphatic carbocycles. The largest absolute Gasteiger partial charge is 0.491 e. The van der Waals surface area contributed by atoms with E-state index in [-0.39, 0.29) is 6.10 Å². The summed E-state index contributed by atoms with van der Waals surface area (Å²) in [5.74, 6) is 0.879. The molecule has 0 saturated heterocycles. The van der Waals surface area contributed by atoms with Crippen molar-refractivity contribution in [3.8, 4) is 5.75 Å². The summed E-state index contributed by atoms with van der Waals surface area (Å²) in [4.78, 5) is 0. The van der Waals surface area contributed by atoms with Gasteiger partial charge in [0.15, 0.2) is 0 Å². The molecule has 0 bridgehead atoms. The Morgan fingerprint density at radius 3 is 2.50 bits per heavy atom. The molecule has 4 heteroatoms. The van der Waals surface area contributed by atoms with E-state index in [1.165, 1.54) is 5.56 Å². The summed E-state index contributed by atoms with van der Waals surface area (Å²) in [6.07, 6.45) is 0.104. The number of para-hydroxylation sites is 1. The van der Waals surface area contributed by atoms with Crippen LogP contribution < -0.4 is 4.74 Å². The van der Waals surface area contributed by atoms with E-state index in [1.54, 1.807) is 0 Å². The molecule has 0 aromatic heterocycles. The highest BCUT2D eigenvalue weighted by atomic mass is 127.